The third-order valence-corrected chi connectivity index (χ3v) is 2.35. The van der Waals surface area contributed by atoms with Crippen molar-refractivity contribution in [2.24, 2.45) is 0 Å². The molecule has 0 bridgehead atoms. The van der Waals surface area contributed by atoms with Crippen LogP contribution >= 0.6 is 0 Å². The Hall–Kier alpha value is -1.40. The second kappa shape index (κ2) is 5.09. The molecule has 0 saturated carbocycles. The van der Waals surface area contributed by atoms with Gasteiger partial charge in [-0.05, 0) is 13.8 Å². The van der Waals surface area contributed by atoms with Gasteiger partial charge in [-0.3, -0.25) is 4.79 Å². The van der Waals surface area contributed by atoms with Gasteiger partial charge in [-0.15, -0.1) is 0 Å². The highest BCUT2D eigenvalue weighted by Gasteiger charge is 2.27. The maximum atomic E-state index is 10.9. The monoisotopic (exact) mass is 229 g/mol. The van der Waals surface area contributed by atoms with Crippen molar-refractivity contribution in [2.45, 2.75) is 32.5 Å². The molecule has 0 aliphatic carbocycles. The van der Waals surface area contributed by atoms with E-state index in [0.29, 0.717) is 17.0 Å². The highest BCUT2D eigenvalue weighted by molar-refractivity contribution is 5.69. The fourth-order valence-corrected chi connectivity index (χ4v) is 1.47. The van der Waals surface area contributed by atoms with E-state index in [0.717, 1.165) is 0 Å². The number of carbonyl (C=O) groups is 1. The second-order valence-electron chi connectivity index (χ2n) is 3.53. The molecule has 2 N–H and O–H groups in total. The summed E-state index contributed by atoms with van der Waals surface area (Å²) in [4.78, 5) is 10.9. The zero-order valence-corrected chi connectivity index (χ0v) is 9.43. The van der Waals surface area contributed by atoms with E-state index in [4.69, 9.17) is 4.52 Å². The minimum absolute atomic E-state index is 0.276. The Kier molecular flexibility index (Phi) is 4.03. The number of nitrogens with zero attached hydrogens (tertiary/aromatic N) is 1. The van der Waals surface area contributed by atoms with Crippen molar-refractivity contribution >= 4 is 5.97 Å². The van der Waals surface area contributed by atoms with Gasteiger partial charge in [0.05, 0.1) is 25.3 Å². The molecule has 0 radical (unpaired) electrons. The van der Waals surface area contributed by atoms with E-state index in [9.17, 15) is 15.0 Å². The van der Waals surface area contributed by atoms with Crippen molar-refractivity contribution in [3.8, 4) is 0 Å². The molecule has 16 heavy (non-hydrogen) atoms. The van der Waals surface area contributed by atoms with E-state index < -0.39 is 18.2 Å². The minimum Gasteiger partial charge on any atom is -0.469 e. The summed E-state index contributed by atoms with van der Waals surface area (Å²) in [5, 5.41) is 23.1. The van der Waals surface area contributed by atoms with Crippen molar-refractivity contribution in [3.05, 3.63) is 17.0 Å². The third kappa shape index (κ3) is 2.59. The van der Waals surface area contributed by atoms with Crippen LogP contribution in [0, 0.1) is 13.8 Å². The number of aliphatic hydroxyl groups excluding tert-OH is 2. The molecule has 90 valence electrons. The summed E-state index contributed by atoms with van der Waals surface area (Å²) < 4.78 is 9.26. The van der Waals surface area contributed by atoms with Crippen LogP contribution in [0.3, 0.4) is 0 Å². The fraction of sp³-hybridized carbons (Fsp3) is 0.600. The van der Waals surface area contributed by atoms with Gasteiger partial charge in [0.2, 0.25) is 0 Å². The summed E-state index contributed by atoms with van der Waals surface area (Å²) in [6.07, 6.45) is -2.71. The first-order valence-electron chi connectivity index (χ1n) is 4.83. The van der Waals surface area contributed by atoms with Gasteiger partial charge in [0.25, 0.3) is 0 Å². The SMILES string of the molecule is COC(=O)CC(O)C(O)c1c(C)noc1C. The average molecular weight is 229 g/mol. The van der Waals surface area contributed by atoms with Gasteiger partial charge >= 0.3 is 5.97 Å². The van der Waals surface area contributed by atoms with Crippen LogP contribution in [0.25, 0.3) is 0 Å². The van der Waals surface area contributed by atoms with Gasteiger partial charge in [0.1, 0.15) is 11.9 Å². The number of aliphatic hydroxyl groups is 2. The molecule has 0 aliphatic heterocycles. The highest BCUT2D eigenvalue weighted by Crippen LogP contribution is 2.25. The predicted octanol–water partition coefficient (Wildman–Crippen LogP) is 0.249. The van der Waals surface area contributed by atoms with Crippen LogP contribution < -0.4 is 0 Å². The summed E-state index contributed by atoms with van der Waals surface area (Å²) >= 11 is 0. The van der Waals surface area contributed by atoms with E-state index in [1.54, 1.807) is 13.8 Å². The lowest BCUT2D eigenvalue weighted by atomic mass is 10.0. The summed E-state index contributed by atoms with van der Waals surface area (Å²) in [7, 11) is 1.22. The van der Waals surface area contributed by atoms with E-state index in [-0.39, 0.29) is 6.42 Å². The van der Waals surface area contributed by atoms with Crippen molar-refractivity contribution < 1.29 is 24.3 Å². The Labute approximate surface area is 92.8 Å². The molecular formula is C10H15NO5. The largest absolute Gasteiger partial charge is 0.469 e. The normalized spacial score (nSPS) is 14.6. The molecule has 0 spiro atoms. The Bertz CT molecular complexity index is 354. The number of rotatable bonds is 4. The van der Waals surface area contributed by atoms with Crippen LogP contribution in [0.15, 0.2) is 4.52 Å². The minimum atomic E-state index is -1.23. The molecule has 6 heteroatoms. The fourth-order valence-electron chi connectivity index (χ4n) is 1.47. The molecule has 1 aromatic heterocycles. The quantitative estimate of drug-likeness (QED) is 0.719. The Morgan fingerprint density at radius 3 is 2.56 bits per heavy atom. The molecule has 0 aliphatic rings. The molecule has 0 aromatic carbocycles. The van der Waals surface area contributed by atoms with Crippen LogP contribution in [0.4, 0.5) is 0 Å². The molecular weight excluding hydrogens is 214 g/mol. The maximum absolute atomic E-state index is 10.9. The number of aromatic nitrogens is 1. The first kappa shape index (κ1) is 12.7. The standard InChI is InChI=1S/C10H15NO5/c1-5-9(6(2)16-11-5)10(14)7(12)4-8(13)15-3/h7,10,12,14H,4H2,1-3H3. The van der Waals surface area contributed by atoms with Gasteiger partial charge in [0.15, 0.2) is 0 Å². The topological polar surface area (TPSA) is 92.8 Å². The first-order valence-corrected chi connectivity index (χ1v) is 4.83. The van der Waals surface area contributed by atoms with E-state index in [1.165, 1.54) is 7.11 Å². The van der Waals surface area contributed by atoms with Crippen LogP contribution in [-0.4, -0.2) is 34.6 Å². The third-order valence-electron chi connectivity index (χ3n) is 2.35. The lowest BCUT2D eigenvalue weighted by Gasteiger charge is -2.16. The van der Waals surface area contributed by atoms with Crippen LogP contribution in [-0.2, 0) is 9.53 Å². The lowest BCUT2D eigenvalue weighted by Crippen LogP contribution is -2.23. The zero-order chi connectivity index (χ0) is 12.3. The molecule has 0 amide bonds. The molecule has 1 rings (SSSR count). The van der Waals surface area contributed by atoms with Crippen LogP contribution in [0.1, 0.15) is 29.5 Å². The second-order valence-corrected chi connectivity index (χ2v) is 3.53. The smallest absolute Gasteiger partial charge is 0.308 e. The van der Waals surface area contributed by atoms with Crippen LogP contribution in [0.5, 0.6) is 0 Å². The van der Waals surface area contributed by atoms with Crippen molar-refractivity contribution in [3.63, 3.8) is 0 Å². The van der Waals surface area contributed by atoms with Gasteiger partial charge < -0.3 is 19.5 Å². The summed E-state index contributed by atoms with van der Waals surface area (Å²) in [6.45, 7) is 3.28. The van der Waals surface area contributed by atoms with Gasteiger partial charge in [-0.1, -0.05) is 5.16 Å². The van der Waals surface area contributed by atoms with Crippen molar-refractivity contribution in [1.82, 2.24) is 5.16 Å². The Balaban J connectivity index is 2.78. The van der Waals surface area contributed by atoms with E-state index >= 15 is 0 Å². The number of ether oxygens (including phenoxy) is 1. The summed E-state index contributed by atoms with van der Waals surface area (Å²) in [6, 6.07) is 0. The molecule has 1 aromatic rings. The Morgan fingerprint density at radius 1 is 1.50 bits per heavy atom. The molecule has 2 unspecified atom stereocenters. The van der Waals surface area contributed by atoms with Crippen molar-refractivity contribution in [2.75, 3.05) is 7.11 Å². The molecule has 2 atom stereocenters. The number of esters is 1. The lowest BCUT2D eigenvalue weighted by molar-refractivity contribution is -0.144. The van der Waals surface area contributed by atoms with E-state index in [1.807, 2.05) is 0 Å². The number of aryl methyl sites for hydroxylation is 2. The van der Waals surface area contributed by atoms with Crippen LogP contribution in [0.2, 0.25) is 0 Å². The van der Waals surface area contributed by atoms with Crippen molar-refractivity contribution in [1.29, 1.82) is 0 Å². The van der Waals surface area contributed by atoms with E-state index in [2.05, 4.69) is 9.89 Å². The van der Waals surface area contributed by atoms with Gasteiger partial charge in [-0.2, -0.15) is 0 Å². The number of carbonyl (C=O) groups excluding carboxylic acids is 1. The molecule has 6 nitrogen and oxygen atoms in total. The van der Waals surface area contributed by atoms with Gasteiger partial charge in [0, 0.05) is 5.56 Å². The zero-order valence-electron chi connectivity index (χ0n) is 9.43. The maximum Gasteiger partial charge on any atom is 0.308 e. The highest BCUT2D eigenvalue weighted by atomic mass is 16.5. The van der Waals surface area contributed by atoms with Gasteiger partial charge in [-0.25, -0.2) is 0 Å². The predicted molar refractivity (Wildman–Crippen MR) is 53.6 cm³/mol. The average Bonchev–Trinajstić information content (AvgIpc) is 2.57. The molecule has 0 saturated heterocycles. The summed E-state index contributed by atoms with van der Waals surface area (Å²) in [5.41, 5.74) is 0.908. The number of methoxy groups -OCH3 is 1. The molecule has 0 fully saturated rings. The number of hydrogen-bond acceptors (Lipinski definition) is 6. The molecule has 1 heterocycles. The first-order chi connectivity index (χ1) is 7.47. The summed E-state index contributed by atoms with van der Waals surface area (Å²) in [5.74, 6) is -0.160. The Morgan fingerprint density at radius 2 is 2.12 bits per heavy atom. The number of hydrogen-bond donors (Lipinski definition) is 2.